The Balaban J connectivity index is 1.51. The number of halogens is 3. The molecule has 4 aromatic rings. The first-order valence-electron chi connectivity index (χ1n) is 13.9. The average Bonchev–Trinajstić information content (AvgIpc) is 3.02. The Bertz CT molecular complexity index is 1690. The van der Waals surface area contributed by atoms with Crippen molar-refractivity contribution in [2.75, 3.05) is 17.2 Å². The number of benzene rings is 4. The van der Waals surface area contributed by atoms with Crippen molar-refractivity contribution in [2.45, 2.75) is 30.2 Å². The molecule has 0 aromatic heterocycles. The van der Waals surface area contributed by atoms with Gasteiger partial charge in [-0.3, -0.25) is 14.4 Å². The number of alkyl halides is 3. The molecule has 4 rings (SSSR count). The van der Waals surface area contributed by atoms with Gasteiger partial charge in [0.25, 0.3) is 11.8 Å². The number of hydrogen-bond donors (Lipinski definition) is 3. The summed E-state index contributed by atoms with van der Waals surface area (Å²) < 4.78 is 45.8. The Hall–Kier alpha value is -5.03. The Morgan fingerprint density at radius 2 is 1.56 bits per heavy atom. The van der Waals surface area contributed by atoms with E-state index in [9.17, 15) is 27.6 Å². The highest BCUT2D eigenvalue weighted by molar-refractivity contribution is 8.00. The Morgan fingerprint density at radius 3 is 2.29 bits per heavy atom. The second-order valence-corrected chi connectivity index (χ2v) is 11.0. The minimum Gasteiger partial charge on any atom is -0.493 e. The zero-order valence-electron chi connectivity index (χ0n) is 24.4. The SMILES string of the molecule is CCOc1ccccc1/C=C(/NC(=O)c1ccccc1)C(=O)Nc1cccc(SC(C)C(=O)Nc2ccccc2C(F)(F)F)c1. The normalized spacial score (nSPS) is 12.2. The van der Waals surface area contributed by atoms with E-state index in [1.54, 1.807) is 85.8 Å². The van der Waals surface area contributed by atoms with Crippen molar-refractivity contribution in [1.29, 1.82) is 0 Å². The smallest absolute Gasteiger partial charge is 0.418 e. The van der Waals surface area contributed by atoms with Gasteiger partial charge in [-0.2, -0.15) is 13.2 Å². The maximum absolute atomic E-state index is 13.5. The molecule has 4 aromatic carbocycles. The van der Waals surface area contributed by atoms with Crippen LogP contribution in [0.4, 0.5) is 24.5 Å². The molecule has 0 saturated heterocycles. The third-order valence-corrected chi connectivity index (χ3v) is 7.41. The molecule has 0 heterocycles. The lowest BCUT2D eigenvalue weighted by molar-refractivity contribution is -0.137. The molecule has 1 atom stereocenters. The van der Waals surface area contributed by atoms with Crippen LogP contribution < -0.4 is 20.7 Å². The number of carbonyl (C=O) groups excluding carboxylic acids is 3. The summed E-state index contributed by atoms with van der Waals surface area (Å²) in [6.07, 6.45) is -3.10. The third-order valence-electron chi connectivity index (χ3n) is 6.31. The van der Waals surface area contributed by atoms with E-state index in [0.717, 1.165) is 17.8 Å². The molecule has 0 saturated carbocycles. The summed E-state index contributed by atoms with van der Waals surface area (Å²) in [4.78, 5) is 39.9. The van der Waals surface area contributed by atoms with Crippen LogP contribution in [0.15, 0.2) is 114 Å². The van der Waals surface area contributed by atoms with E-state index in [1.807, 2.05) is 6.92 Å². The topological polar surface area (TPSA) is 96.5 Å². The van der Waals surface area contributed by atoms with Gasteiger partial charge in [0.05, 0.1) is 23.1 Å². The summed E-state index contributed by atoms with van der Waals surface area (Å²) in [5.41, 5.74) is 0.00799. The molecule has 0 radical (unpaired) electrons. The number of carbonyl (C=O) groups is 3. The van der Waals surface area contributed by atoms with Gasteiger partial charge in [-0.05, 0) is 68.5 Å². The molecule has 7 nitrogen and oxygen atoms in total. The third kappa shape index (κ3) is 9.23. The minimum absolute atomic E-state index is 0.0369. The molecule has 3 N–H and O–H groups in total. The van der Waals surface area contributed by atoms with E-state index < -0.39 is 34.7 Å². The number of anilines is 2. The van der Waals surface area contributed by atoms with E-state index in [4.69, 9.17) is 4.74 Å². The van der Waals surface area contributed by atoms with Gasteiger partial charge in [-0.25, -0.2) is 0 Å². The van der Waals surface area contributed by atoms with Crippen molar-refractivity contribution in [3.8, 4) is 5.75 Å². The van der Waals surface area contributed by atoms with Crippen molar-refractivity contribution in [1.82, 2.24) is 5.32 Å². The van der Waals surface area contributed by atoms with Crippen molar-refractivity contribution >= 4 is 46.9 Å². The van der Waals surface area contributed by atoms with Gasteiger partial charge in [0.2, 0.25) is 5.91 Å². The highest BCUT2D eigenvalue weighted by atomic mass is 32.2. The van der Waals surface area contributed by atoms with Crippen LogP contribution in [-0.4, -0.2) is 29.6 Å². The van der Waals surface area contributed by atoms with Crippen molar-refractivity contribution in [2.24, 2.45) is 0 Å². The largest absolute Gasteiger partial charge is 0.493 e. The summed E-state index contributed by atoms with van der Waals surface area (Å²) in [5.74, 6) is -1.18. The first kappa shape index (κ1) is 32.9. The fraction of sp³-hybridized carbons (Fsp3) is 0.147. The standard InChI is InChI=1S/C34H30F3N3O4S/c1-3-44-30-19-10-7-14-24(30)20-29(40-32(42)23-12-5-4-6-13-23)33(43)38-25-15-11-16-26(21-25)45-22(2)31(41)39-28-18-9-8-17-27(28)34(35,36)37/h4-22H,3H2,1-2H3,(H,38,43)(H,39,41)(H,40,42)/b29-20+. The minimum atomic E-state index is -4.62. The van der Waals surface area contributed by atoms with E-state index >= 15 is 0 Å². The zero-order valence-corrected chi connectivity index (χ0v) is 25.2. The van der Waals surface area contributed by atoms with Crippen LogP contribution in [0.5, 0.6) is 5.75 Å². The summed E-state index contributed by atoms with van der Waals surface area (Å²) in [7, 11) is 0. The number of ether oxygens (including phenoxy) is 1. The van der Waals surface area contributed by atoms with Crippen molar-refractivity contribution in [3.63, 3.8) is 0 Å². The molecule has 0 bridgehead atoms. The van der Waals surface area contributed by atoms with Gasteiger partial charge >= 0.3 is 6.18 Å². The van der Waals surface area contributed by atoms with Gasteiger partial charge < -0.3 is 20.7 Å². The predicted octanol–water partition coefficient (Wildman–Crippen LogP) is 7.63. The van der Waals surface area contributed by atoms with Gasteiger partial charge in [0, 0.05) is 21.7 Å². The number of rotatable bonds is 11. The Kier molecular flexibility index (Phi) is 11.0. The molecule has 0 fully saturated rings. The molecular formula is C34H30F3N3O4S. The van der Waals surface area contributed by atoms with Crippen LogP contribution >= 0.6 is 11.8 Å². The molecule has 0 spiro atoms. The summed E-state index contributed by atoms with van der Waals surface area (Å²) in [6.45, 7) is 3.80. The second-order valence-electron chi connectivity index (χ2n) is 9.62. The predicted molar refractivity (Wildman–Crippen MR) is 170 cm³/mol. The number of nitrogens with one attached hydrogen (secondary N) is 3. The summed E-state index contributed by atoms with van der Waals surface area (Å²) in [6, 6.07) is 26.9. The molecular weight excluding hydrogens is 603 g/mol. The lowest BCUT2D eigenvalue weighted by Crippen LogP contribution is -2.30. The quantitative estimate of drug-likeness (QED) is 0.117. The molecule has 1 unspecified atom stereocenters. The van der Waals surface area contributed by atoms with Crippen LogP contribution in [0.3, 0.4) is 0 Å². The van der Waals surface area contributed by atoms with Crippen LogP contribution in [0, 0.1) is 0 Å². The fourth-order valence-corrected chi connectivity index (χ4v) is 5.09. The van der Waals surface area contributed by atoms with Crippen LogP contribution in [-0.2, 0) is 15.8 Å². The Labute approximate surface area is 262 Å². The lowest BCUT2D eigenvalue weighted by atomic mass is 10.1. The molecule has 0 aliphatic heterocycles. The monoisotopic (exact) mass is 633 g/mol. The number of amides is 3. The van der Waals surface area contributed by atoms with Gasteiger partial charge in [0.15, 0.2) is 0 Å². The fourth-order valence-electron chi connectivity index (χ4n) is 4.16. The Morgan fingerprint density at radius 1 is 0.867 bits per heavy atom. The highest BCUT2D eigenvalue weighted by Gasteiger charge is 2.34. The number of thioether (sulfide) groups is 1. The van der Waals surface area contributed by atoms with Crippen LogP contribution in [0.25, 0.3) is 6.08 Å². The second kappa shape index (κ2) is 15.1. The van der Waals surface area contributed by atoms with E-state index in [-0.39, 0.29) is 11.4 Å². The van der Waals surface area contributed by atoms with Crippen LogP contribution in [0.2, 0.25) is 0 Å². The summed E-state index contributed by atoms with van der Waals surface area (Å²) >= 11 is 1.11. The molecule has 11 heteroatoms. The summed E-state index contributed by atoms with van der Waals surface area (Å²) in [5, 5.41) is 7.05. The van der Waals surface area contributed by atoms with E-state index in [2.05, 4.69) is 16.0 Å². The number of hydrogen-bond acceptors (Lipinski definition) is 5. The molecule has 3 amide bonds. The number of para-hydroxylation sites is 2. The van der Waals surface area contributed by atoms with Crippen molar-refractivity contribution in [3.05, 3.63) is 126 Å². The average molecular weight is 634 g/mol. The maximum Gasteiger partial charge on any atom is 0.418 e. The zero-order chi connectivity index (χ0) is 32.4. The van der Waals surface area contributed by atoms with E-state index in [1.165, 1.54) is 24.3 Å². The highest BCUT2D eigenvalue weighted by Crippen LogP contribution is 2.35. The van der Waals surface area contributed by atoms with E-state index in [0.29, 0.717) is 34.1 Å². The maximum atomic E-state index is 13.5. The van der Waals surface area contributed by atoms with Gasteiger partial charge in [0.1, 0.15) is 11.4 Å². The lowest BCUT2D eigenvalue weighted by Gasteiger charge is -2.16. The first-order chi connectivity index (χ1) is 21.5. The molecule has 232 valence electrons. The molecule has 0 aliphatic rings. The van der Waals surface area contributed by atoms with Gasteiger partial charge in [-0.15, -0.1) is 11.8 Å². The first-order valence-corrected chi connectivity index (χ1v) is 14.8. The van der Waals surface area contributed by atoms with Crippen molar-refractivity contribution < 1.29 is 32.3 Å². The van der Waals surface area contributed by atoms with Gasteiger partial charge in [-0.1, -0.05) is 54.6 Å². The molecule has 45 heavy (non-hydrogen) atoms. The molecule has 0 aliphatic carbocycles. The van der Waals surface area contributed by atoms with Crippen LogP contribution in [0.1, 0.15) is 35.3 Å².